The number of hydrogen-bond acceptors (Lipinski definition) is 5. The maximum Gasteiger partial charge on any atom is 0.251 e. The van der Waals surface area contributed by atoms with Gasteiger partial charge in [-0.15, -0.1) is 10.2 Å². The zero-order valence-corrected chi connectivity index (χ0v) is 17.2. The van der Waals surface area contributed by atoms with Crippen molar-refractivity contribution < 1.29 is 9.59 Å². The summed E-state index contributed by atoms with van der Waals surface area (Å²) < 4.78 is 1.90. The van der Waals surface area contributed by atoms with Gasteiger partial charge in [0.05, 0.1) is 12.3 Å². The van der Waals surface area contributed by atoms with E-state index < -0.39 is 0 Å². The first-order valence-corrected chi connectivity index (χ1v) is 10.3. The number of benzene rings is 2. The first kappa shape index (κ1) is 20.6. The van der Waals surface area contributed by atoms with Gasteiger partial charge in [0, 0.05) is 17.8 Å². The first-order chi connectivity index (χ1) is 14.1. The van der Waals surface area contributed by atoms with Crippen molar-refractivity contribution in [3.05, 3.63) is 71.5 Å². The van der Waals surface area contributed by atoms with Crippen molar-refractivity contribution >= 4 is 29.3 Å². The number of rotatable bonds is 8. The van der Waals surface area contributed by atoms with Crippen LogP contribution in [0.25, 0.3) is 0 Å². The van der Waals surface area contributed by atoms with Crippen molar-refractivity contribution in [2.45, 2.75) is 32.1 Å². The molecule has 2 aromatic carbocycles. The minimum atomic E-state index is -0.164. The largest absolute Gasteiger partial charge is 0.345 e. The van der Waals surface area contributed by atoms with E-state index in [0.29, 0.717) is 23.1 Å². The molecule has 0 saturated heterocycles. The Morgan fingerprint density at radius 1 is 1.07 bits per heavy atom. The number of nitrogens with one attached hydrogen (secondary N) is 2. The Morgan fingerprint density at radius 2 is 1.86 bits per heavy atom. The molecule has 0 bridgehead atoms. The van der Waals surface area contributed by atoms with Crippen LogP contribution in [0.3, 0.4) is 0 Å². The Balaban J connectivity index is 1.56. The Morgan fingerprint density at radius 3 is 2.59 bits per heavy atom. The zero-order chi connectivity index (χ0) is 20.6. The van der Waals surface area contributed by atoms with Gasteiger partial charge in [0.1, 0.15) is 0 Å². The lowest BCUT2D eigenvalue weighted by molar-refractivity contribution is -0.113. The number of carbonyl (C=O) groups excluding carboxylic acids is 2. The predicted molar refractivity (Wildman–Crippen MR) is 114 cm³/mol. The SMILES string of the molecule is CCn1c(CNC(=O)c2ccccc2)nnc1SCC(=O)Nc1cccc(C)c1. The van der Waals surface area contributed by atoms with Crippen molar-refractivity contribution in [3.63, 3.8) is 0 Å². The quantitative estimate of drug-likeness (QED) is 0.558. The molecule has 29 heavy (non-hydrogen) atoms. The van der Waals surface area contributed by atoms with Crippen LogP contribution in [-0.2, 0) is 17.9 Å². The van der Waals surface area contributed by atoms with Crippen molar-refractivity contribution in [2.75, 3.05) is 11.1 Å². The van der Waals surface area contributed by atoms with Gasteiger partial charge in [0.25, 0.3) is 5.91 Å². The van der Waals surface area contributed by atoms with Crippen molar-refractivity contribution in [1.29, 1.82) is 0 Å². The van der Waals surface area contributed by atoms with Crippen molar-refractivity contribution in [3.8, 4) is 0 Å². The number of nitrogens with zero attached hydrogens (tertiary/aromatic N) is 3. The predicted octanol–water partition coefficient (Wildman–Crippen LogP) is 3.27. The van der Waals surface area contributed by atoms with Crippen LogP contribution < -0.4 is 10.6 Å². The molecular weight excluding hydrogens is 386 g/mol. The molecule has 0 unspecified atom stereocenters. The summed E-state index contributed by atoms with van der Waals surface area (Å²) in [6.07, 6.45) is 0. The molecule has 0 radical (unpaired) electrons. The van der Waals surface area contributed by atoms with Gasteiger partial charge in [-0.25, -0.2) is 0 Å². The fourth-order valence-electron chi connectivity index (χ4n) is 2.78. The summed E-state index contributed by atoms with van der Waals surface area (Å²) in [5.74, 6) is 0.606. The van der Waals surface area contributed by atoms with E-state index in [1.165, 1.54) is 11.8 Å². The molecular formula is C21H23N5O2S. The fraction of sp³-hybridized carbons (Fsp3) is 0.238. The van der Waals surface area contributed by atoms with E-state index in [-0.39, 0.29) is 24.1 Å². The Kier molecular flexibility index (Phi) is 7.02. The van der Waals surface area contributed by atoms with Gasteiger partial charge in [-0.3, -0.25) is 9.59 Å². The van der Waals surface area contributed by atoms with Gasteiger partial charge in [-0.2, -0.15) is 0 Å². The lowest BCUT2D eigenvalue weighted by Crippen LogP contribution is -2.24. The van der Waals surface area contributed by atoms with E-state index in [1.807, 2.05) is 60.9 Å². The number of thioether (sulfide) groups is 1. The highest BCUT2D eigenvalue weighted by atomic mass is 32.2. The molecule has 0 aliphatic carbocycles. The number of carbonyl (C=O) groups is 2. The highest BCUT2D eigenvalue weighted by Gasteiger charge is 2.14. The lowest BCUT2D eigenvalue weighted by Gasteiger charge is -2.09. The molecule has 8 heteroatoms. The molecule has 7 nitrogen and oxygen atoms in total. The number of aromatic nitrogens is 3. The molecule has 3 rings (SSSR count). The molecule has 1 heterocycles. The maximum absolute atomic E-state index is 12.2. The van der Waals surface area contributed by atoms with Crippen LogP contribution in [0, 0.1) is 6.92 Å². The first-order valence-electron chi connectivity index (χ1n) is 9.31. The molecule has 0 aliphatic rings. The maximum atomic E-state index is 12.2. The second kappa shape index (κ2) is 9.88. The average molecular weight is 410 g/mol. The third-order valence-electron chi connectivity index (χ3n) is 4.19. The van der Waals surface area contributed by atoms with Gasteiger partial charge < -0.3 is 15.2 Å². The normalized spacial score (nSPS) is 10.6. The molecule has 0 atom stereocenters. The summed E-state index contributed by atoms with van der Waals surface area (Å²) in [4.78, 5) is 24.4. The summed E-state index contributed by atoms with van der Waals surface area (Å²) in [5.41, 5.74) is 2.46. The Labute approximate surface area is 173 Å². The van der Waals surface area contributed by atoms with E-state index in [0.717, 1.165) is 11.3 Å². The van der Waals surface area contributed by atoms with Crippen molar-refractivity contribution in [1.82, 2.24) is 20.1 Å². The number of aryl methyl sites for hydroxylation is 1. The molecule has 0 saturated carbocycles. The molecule has 1 aromatic heterocycles. The van der Waals surface area contributed by atoms with E-state index in [4.69, 9.17) is 0 Å². The lowest BCUT2D eigenvalue weighted by atomic mass is 10.2. The minimum Gasteiger partial charge on any atom is -0.345 e. The second-order valence-electron chi connectivity index (χ2n) is 6.40. The van der Waals surface area contributed by atoms with Crippen LogP contribution >= 0.6 is 11.8 Å². The van der Waals surface area contributed by atoms with Crippen LogP contribution in [0.4, 0.5) is 5.69 Å². The van der Waals surface area contributed by atoms with Gasteiger partial charge in [0.2, 0.25) is 5.91 Å². The van der Waals surface area contributed by atoms with E-state index in [9.17, 15) is 9.59 Å². The minimum absolute atomic E-state index is 0.106. The average Bonchev–Trinajstić information content (AvgIpc) is 3.13. The van der Waals surface area contributed by atoms with Gasteiger partial charge in [0.15, 0.2) is 11.0 Å². The molecule has 0 spiro atoms. The summed E-state index contributed by atoms with van der Waals surface area (Å²) in [6, 6.07) is 16.7. The van der Waals surface area contributed by atoms with Crippen LogP contribution in [0.1, 0.15) is 28.7 Å². The Bertz CT molecular complexity index is 988. The molecule has 150 valence electrons. The van der Waals surface area contributed by atoms with Crippen LogP contribution in [0.5, 0.6) is 0 Å². The smallest absolute Gasteiger partial charge is 0.251 e. The van der Waals surface area contributed by atoms with Gasteiger partial charge in [-0.1, -0.05) is 42.1 Å². The highest BCUT2D eigenvalue weighted by Crippen LogP contribution is 2.18. The highest BCUT2D eigenvalue weighted by molar-refractivity contribution is 7.99. The Hall–Kier alpha value is -3.13. The summed E-state index contributed by atoms with van der Waals surface area (Å²) >= 11 is 1.32. The summed E-state index contributed by atoms with van der Waals surface area (Å²) in [6.45, 7) is 4.87. The van der Waals surface area contributed by atoms with Crippen molar-refractivity contribution in [2.24, 2.45) is 0 Å². The van der Waals surface area contributed by atoms with Crippen LogP contribution in [0.15, 0.2) is 59.8 Å². The molecule has 2 amide bonds. The third-order valence-corrected chi connectivity index (χ3v) is 5.15. The number of anilines is 1. The summed E-state index contributed by atoms with van der Waals surface area (Å²) in [7, 11) is 0. The standard InChI is InChI=1S/C21H23N5O2S/c1-3-26-18(13-22-20(28)16-9-5-4-6-10-16)24-25-21(26)29-14-19(27)23-17-11-7-8-15(2)12-17/h4-12H,3,13-14H2,1-2H3,(H,22,28)(H,23,27). The van der Waals surface area contributed by atoms with E-state index >= 15 is 0 Å². The fourth-order valence-corrected chi connectivity index (χ4v) is 3.60. The summed E-state index contributed by atoms with van der Waals surface area (Å²) in [5, 5.41) is 14.7. The molecule has 3 aromatic rings. The zero-order valence-electron chi connectivity index (χ0n) is 16.4. The van der Waals surface area contributed by atoms with Gasteiger partial charge >= 0.3 is 0 Å². The third kappa shape index (κ3) is 5.68. The van der Waals surface area contributed by atoms with Gasteiger partial charge in [-0.05, 0) is 43.7 Å². The number of hydrogen-bond donors (Lipinski definition) is 2. The monoisotopic (exact) mass is 409 g/mol. The molecule has 2 N–H and O–H groups in total. The van der Waals surface area contributed by atoms with Crippen LogP contribution in [-0.4, -0.2) is 32.3 Å². The molecule has 0 aliphatic heterocycles. The van der Waals surface area contributed by atoms with E-state index in [2.05, 4.69) is 20.8 Å². The second-order valence-corrected chi connectivity index (χ2v) is 7.34. The van der Waals surface area contributed by atoms with Crippen LogP contribution in [0.2, 0.25) is 0 Å². The van der Waals surface area contributed by atoms with E-state index in [1.54, 1.807) is 12.1 Å². The topological polar surface area (TPSA) is 88.9 Å². The molecule has 0 fully saturated rings. The number of amides is 2.